The van der Waals surface area contributed by atoms with Gasteiger partial charge < -0.3 is 10.5 Å². The molecule has 0 spiro atoms. The summed E-state index contributed by atoms with van der Waals surface area (Å²) in [6.45, 7) is 0.392. The number of anilines is 1. The van der Waals surface area contributed by atoms with Crippen molar-refractivity contribution in [2.75, 3.05) is 5.73 Å². The van der Waals surface area contributed by atoms with Crippen molar-refractivity contribution >= 4 is 5.69 Å². The van der Waals surface area contributed by atoms with E-state index < -0.39 is 0 Å². The molecule has 1 aromatic carbocycles. The Morgan fingerprint density at radius 2 is 2.16 bits per heavy atom. The second kappa shape index (κ2) is 5.30. The number of aromatic nitrogens is 3. The summed E-state index contributed by atoms with van der Waals surface area (Å²) < 4.78 is 5.64. The van der Waals surface area contributed by atoms with Crippen LogP contribution in [0.1, 0.15) is 43.3 Å². The zero-order valence-electron chi connectivity index (χ0n) is 10.8. The van der Waals surface area contributed by atoms with Crippen molar-refractivity contribution in [1.29, 1.82) is 0 Å². The number of nitrogen functional groups attached to an aromatic ring is 1. The summed E-state index contributed by atoms with van der Waals surface area (Å²) in [7, 11) is 0. The van der Waals surface area contributed by atoms with Gasteiger partial charge in [0, 0.05) is 17.7 Å². The lowest BCUT2D eigenvalue weighted by Crippen LogP contribution is -1.99. The first-order valence-corrected chi connectivity index (χ1v) is 6.71. The van der Waals surface area contributed by atoms with Gasteiger partial charge in [0.1, 0.15) is 12.4 Å². The number of hydrogen-bond acceptors (Lipinski definition) is 4. The molecule has 19 heavy (non-hydrogen) atoms. The molecule has 1 aliphatic rings. The molecule has 0 saturated heterocycles. The van der Waals surface area contributed by atoms with E-state index in [1.807, 2.05) is 18.2 Å². The van der Waals surface area contributed by atoms with Gasteiger partial charge in [0.05, 0.1) is 0 Å². The van der Waals surface area contributed by atoms with Crippen molar-refractivity contribution in [3.63, 3.8) is 0 Å². The zero-order chi connectivity index (χ0) is 13.1. The highest BCUT2D eigenvalue weighted by molar-refractivity contribution is 5.43. The maximum absolute atomic E-state index is 5.70. The predicted octanol–water partition coefficient (Wildman–Crippen LogP) is 2.62. The molecule has 0 amide bonds. The van der Waals surface area contributed by atoms with Crippen LogP contribution in [-0.4, -0.2) is 15.2 Å². The SMILES string of the molecule is Nc1cccc(OCc2nc(C3CCCC3)n[nH]2)c1. The van der Waals surface area contributed by atoms with Crippen molar-refractivity contribution < 1.29 is 4.74 Å². The third-order valence-electron chi connectivity index (χ3n) is 3.50. The molecule has 0 bridgehead atoms. The van der Waals surface area contributed by atoms with E-state index in [0.29, 0.717) is 18.2 Å². The zero-order valence-corrected chi connectivity index (χ0v) is 10.8. The minimum Gasteiger partial charge on any atom is -0.486 e. The number of aromatic amines is 1. The van der Waals surface area contributed by atoms with Gasteiger partial charge in [-0.15, -0.1) is 0 Å². The van der Waals surface area contributed by atoms with Crippen LogP contribution >= 0.6 is 0 Å². The highest BCUT2D eigenvalue weighted by atomic mass is 16.5. The van der Waals surface area contributed by atoms with Crippen LogP contribution in [0.4, 0.5) is 5.69 Å². The molecule has 1 heterocycles. The second-order valence-electron chi connectivity index (χ2n) is 4.98. The Balaban J connectivity index is 1.61. The fourth-order valence-electron chi connectivity index (χ4n) is 2.50. The van der Waals surface area contributed by atoms with Crippen molar-refractivity contribution in [2.45, 2.75) is 38.2 Å². The summed E-state index contributed by atoms with van der Waals surface area (Å²) in [6, 6.07) is 7.38. The standard InChI is InChI=1S/C14H18N4O/c15-11-6-3-7-12(8-11)19-9-13-16-14(18-17-13)10-4-1-2-5-10/h3,6-8,10H,1-2,4-5,9,15H2,(H,16,17,18). The van der Waals surface area contributed by atoms with E-state index >= 15 is 0 Å². The molecule has 1 saturated carbocycles. The van der Waals surface area contributed by atoms with Crippen molar-refractivity contribution in [2.24, 2.45) is 0 Å². The largest absolute Gasteiger partial charge is 0.486 e. The molecule has 0 atom stereocenters. The Labute approximate surface area is 112 Å². The smallest absolute Gasteiger partial charge is 0.162 e. The average molecular weight is 258 g/mol. The number of rotatable bonds is 4. The molecule has 0 unspecified atom stereocenters. The van der Waals surface area contributed by atoms with Gasteiger partial charge in [0.15, 0.2) is 11.6 Å². The van der Waals surface area contributed by atoms with Crippen LogP contribution in [-0.2, 0) is 6.61 Å². The fourth-order valence-corrected chi connectivity index (χ4v) is 2.50. The van der Waals surface area contributed by atoms with Crippen LogP contribution in [0.5, 0.6) is 5.75 Å². The second-order valence-corrected chi connectivity index (χ2v) is 4.98. The lowest BCUT2D eigenvalue weighted by molar-refractivity contribution is 0.296. The molecule has 3 rings (SSSR count). The lowest BCUT2D eigenvalue weighted by atomic mass is 10.1. The molecule has 0 aliphatic heterocycles. The molecule has 5 heteroatoms. The molecule has 3 N–H and O–H groups in total. The number of nitrogens with one attached hydrogen (secondary N) is 1. The van der Waals surface area contributed by atoms with Gasteiger partial charge in [0.2, 0.25) is 0 Å². The summed E-state index contributed by atoms with van der Waals surface area (Å²) in [5, 5.41) is 7.24. The van der Waals surface area contributed by atoms with Gasteiger partial charge in [-0.1, -0.05) is 18.9 Å². The minimum absolute atomic E-state index is 0.392. The molecule has 2 aromatic rings. The summed E-state index contributed by atoms with van der Waals surface area (Å²) >= 11 is 0. The number of hydrogen-bond donors (Lipinski definition) is 2. The molecule has 1 fully saturated rings. The van der Waals surface area contributed by atoms with Gasteiger partial charge in [-0.2, -0.15) is 5.10 Å². The van der Waals surface area contributed by atoms with E-state index in [4.69, 9.17) is 10.5 Å². The Hall–Kier alpha value is -2.04. The summed E-state index contributed by atoms with van der Waals surface area (Å²) in [6.07, 6.45) is 4.98. The van der Waals surface area contributed by atoms with Crippen molar-refractivity contribution in [3.05, 3.63) is 35.9 Å². The summed E-state index contributed by atoms with van der Waals surface area (Å²) in [4.78, 5) is 4.51. The molecule has 100 valence electrons. The molecule has 1 aromatic heterocycles. The predicted molar refractivity (Wildman–Crippen MR) is 72.8 cm³/mol. The normalized spacial score (nSPS) is 15.8. The van der Waals surface area contributed by atoms with Gasteiger partial charge in [-0.3, -0.25) is 5.10 Å². The van der Waals surface area contributed by atoms with Crippen LogP contribution in [0.25, 0.3) is 0 Å². The number of benzene rings is 1. The first kappa shape index (κ1) is 12.0. The van der Waals surface area contributed by atoms with E-state index in [9.17, 15) is 0 Å². The van der Waals surface area contributed by atoms with Crippen molar-refractivity contribution in [1.82, 2.24) is 15.2 Å². The topological polar surface area (TPSA) is 76.8 Å². The monoisotopic (exact) mass is 258 g/mol. The Morgan fingerprint density at radius 3 is 2.95 bits per heavy atom. The first-order valence-electron chi connectivity index (χ1n) is 6.71. The van der Waals surface area contributed by atoms with E-state index in [1.54, 1.807) is 6.07 Å². The molecule has 0 radical (unpaired) electrons. The van der Waals surface area contributed by atoms with E-state index in [-0.39, 0.29) is 0 Å². The number of nitrogens with two attached hydrogens (primary N) is 1. The van der Waals surface area contributed by atoms with Crippen LogP contribution in [0.3, 0.4) is 0 Å². The van der Waals surface area contributed by atoms with Gasteiger partial charge in [-0.25, -0.2) is 4.98 Å². The lowest BCUT2D eigenvalue weighted by Gasteiger charge is -2.04. The summed E-state index contributed by atoms with van der Waals surface area (Å²) in [5.41, 5.74) is 6.39. The number of nitrogens with zero attached hydrogens (tertiary/aromatic N) is 2. The van der Waals surface area contributed by atoms with Crippen LogP contribution in [0, 0.1) is 0 Å². The van der Waals surface area contributed by atoms with E-state index in [1.165, 1.54) is 25.7 Å². The van der Waals surface area contributed by atoms with Gasteiger partial charge >= 0.3 is 0 Å². The Kier molecular flexibility index (Phi) is 3.35. The highest BCUT2D eigenvalue weighted by Crippen LogP contribution is 2.31. The average Bonchev–Trinajstić information content (AvgIpc) is 3.07. The molecule has 1 aliphatic carbocycles. The number of H-pyrrole nitrogens is 1. The Bertz CT molecular complexity index is 546. The van der Waals surface area contributed by atoms with Crippen LogP contribution in [0.2, 0.25) is 0 Å². The summed E-state index contributed by atoms with van der Waals surface area (Å²) in [5.74, 6) is 2.98. The maximum atomic E-state index is 5.70. The van der Waals surface area contributed by atoms with E-state index in [0.717, 1.165) is 17.4 Å². The van der Waals surface area contributed by atoms with Crippen LogP contribution < -0.4 is 10.5 Å². The molecular weight excluding hydrogens is 240 g/mol. The van der Waals surface area contributed by atoms with Gasteiger partial charge in [-0.05, 0) is 25.0 Å². The Morgan fingerprint density at radius 1 is 1.32 bits per heavy atom. The fraction of sp³-hybridized carbons (Fsp3) is 0.429. The number of ether oxygens (including phenoxy) is 1. The molecular formula is C14H18N4O. The van der Waals surface area contributed by atoms with Gasteiger partial charge in [0.25, 0.3) is 0 Å². The van der Waals surface area contributed by atoms with Crippen LogP contribution in [0.15, 0.2) is 24.3 Å². The molecule has 5 nitrogen and oxygen atoms in total. The van der Waals surface area contributed by atoms with Crippen molar-refractivity contribution in [3.8, 4) is 5.75 Å². The first-order chi connectivity index (χ1) is 9.31. The van der Waals surface area contributed by atoms with E-state index in [2.05, 4.69) is 15.2 Å². The highest BCUT2D eigenvalue weighted by Gasteiger charge is 2.21. The minimum atomic E-state index is 0.392. The third-order valence-corrected chi connectivity index (χ3v) is 3.50. The third kappa shape index (κ3) is 2.86. The quantitative estimate of drug-likeness (QED) is 0.826. The maximum Gasteiger partial charge on any atom is 0.162 e.